The average Bonchev–Trinajstić information content (AvgIpc) is 3.23. The van der Waals surface area contributed by atoms with E-state index in [-0.39, 0.29) is 23.2 Å². The smallest absolute Gasteiger partial charge is 0.272 e. The first kappa shape index (κ1) is 20.0. The Labute approximate surface area is 179 Å². The van der Waals surface area contributed by atoms with E-state index >= 15 is 0 Å². The van der Waals surface area contributed by atoms with Crippen LogP contribution in [0.25, 0.3) is 0 Å². The molecule has 2 aliphatic heterocycles. The Hall–Kier alpha value is -2.94. The van der Waals surface area contributed by atoms with Crippen molar-refractivity contribution in [1.82, 2.24) is 20.0 Å². The summed E-state index contributed by atoms with van der Waals surface area (Å²) in [5.74, 6) is -0.567. The summed E-state index contributed by atoms with van der Waals surface area (Å²) in [6.45, 7) is 1.33. The van der Waals surface area contributed by atoms with Gasteiger partial charge in [0.25, 0.3) is 5.91 Å². The maximum Gasteiger partial charge on any atom is 0.272 e. The van der Waals surface area contributed by atoms with Gasteiger partial charge in [-0.15, -0.1) is 0 Å². The third-order valence-electron chi connectivity index (χ3n) is 6.84. The summed E-state index contributed by atoms with van der Waals surface area (Å²) in [5.41, 5.74) is 3.00. The number of H-pyrrole nitrogens is 1. The minimum Gasteiger partial charge on any atom is -0.382 e. The van der Waals surface area contributed by atoms with E-state index in [2.05, 4.69) is 15.5 Å². The third-order valence-corrected chi connectivity index (χ3v) is 6.84. The lowest BCUT2D eigenvalue weighted by atomic mass is 10.0. The predicted octanol–water partition coefficient (Wildman–Crippen LogP) is 1.72. The van der Waals surface area contributed by atoms with Crippen LogP contribution in [0.15, 0.2) is 18.2 Å². The fraction of sp³-hybridized carbons (Fsp3) is 0.500. The fourth-order valence-corrected chi connectivity index (χ4v) is 4.74. The van der Waals surface area contributed by atoms with Crippen molar-refractivity contribution < 1.29 is 18.7 Å². The lowest BCUT2D eigenvalue weighted by molar-refractivity contribution is -0.132. The Balaban J connectivity index is 1.32. The number of benzene rings is 1. The number of carbonyl (C=O) groups is 2. The summed E-state index contributed by atoms with van der Waals surface area (Å²) in [5, 5.41) is 10.3. The van der Waals surface area contributed by atoms with Gasteiger partial charge in [0.15, 0.2) is 0 Å². The largest absolute Gasteiger partial charge is 0.382 e. The number of methoxy groups -OCH3 is 1. The van der Waals surface area contributed by atoms with Gasteiger partial charge in [-0.25, -0.2) is 4.39 Å². The molecule has 9 heteroatoms. The van der Waals surface area contributed by atoms with Crippen molar-refractivity contribution in [3.05, 3.63) is 46.5 Å². The molecule has 1 unspecified atom stereocenters. The molecule has 3 heterocycles. The van der Waals surface area contributed by atoms with E-state index in [0.29, 0.717) is 43.9 Å². The Bertz CT molecular complexity index is 1050. The van der Waals surface area contributed by atoms with Crippen molar-refractivity contribution in [1.29, 1.82) is 0 Å². The molecule has 1 aromatic carbocycles. The van der Waals surface area contributed by atoms with Crippen LogP contribution in [0.2, 0.25) is 0 Å². The number of hydrogen-bond donors (Lipinski definition) is 2. The second-order valence-electron chi connectivity index (χ2n) is 8.73. The normalized spacial score (nSPS) is 20.6. The number of hydrogen-bond acceptors (Lipinski definition) is 5. The van der Waals surface area contributed by atoms with Crippen molar-refractivity contribution in [3.63, 3.8) is 0 Å². The molecule has 1 aromatic heterocycles. The summed E-state index contributed by atoms with van der Waals surface area (Å²) < 4.78 is 19.4. The molecule has 1 aliphatic carbocycles. The van der Waals surface area contributed by atoms with E-state index in [9.17, 15) is 14.0 Å². The second kappa shape index (κ2) is 7.33. The predicted molar refractivity (Wildman–Crippen MR) is 111 cm³/mol. The molecule has 1 atom stereocenters. The number of anilines is 1. The van der Waals surface area contributed by atoms with E-state index in [4.69, 9.17) is 4.74 Å². The number of nitrogens with one attached hydrogen (secondary N) is 2. The average molecular weight is 427 g/mol. The molecule has 5 rings (SSSR count). The van der Waals surface area contributed by atoms with Crippen molar-refractivity contribution in [2.24, 2.45) is 0 Å². The van der Waals surface area contributed by atoms with E-state index in [0.717, 1.165) is 29.7 Å². The number of halogens is 1. The minimum atomic E-state index is -0.501. The number of aromatic amines is 1. The molecule has 0 saturated heterocycles. The van der Waals surface area contributed by atoms with Crippen LogP contribution in [0.5, 0.6) is 0 Å². The van der Waals surface area contributed by atoms with Crippen LogP contribution in [0, 0.1) is 5.82 Å². The molecule has 2 aromatic rings. The van der Waals surface area contributed by atoms with Crippen molar-refractivity contribution in [2.45, 2.75) is 43.8 Å². The SMILES string of the molecule is COCC1(N(C)C(=O)c2[nH]nc3c2CN(C(=O)C2Cc4cccc(F)c4N2)CC3)CC1. The van der Waals surface area contributed by atoms with Gasteiger partial charge in [0.05, 0.1) is 23.5 Å². The maximum absolute atomic E-state index is 14.0. The molecule has 3 aliphatic rings. The summed E-state index contributed by atoms with van der Waals surface area (Å²) in [6.07, 6.45) is 2.85. The first-order valence-corrected chi connectivity index (χ1v) is 10.6. The molecule has 2 amide bonds. The molecular weight excluding hydrogens is 401 g/mol. The Morgan fingerprint density at radius 2 is 2.19 bits per heavy atom. The second-order valence-corrected chi connectivity index (χ2v) is 8.73. The molecule has 8 nitrogen and oxygen atoms in total. The summed E-state index contributed by atoms with van der Waals surface area (Å²) in [6, 6.07) is 4.38. The number of amides is 2. The van der Waals surface area contributed by atoms with E-state index in [1.165, 1.54) is 6.07 Å². The van der Waals surface area contributed by atoms with Crippen LogP contribution >= 0.6 is 0 Å². The molecule has 0 spiro atoms. The van der Waals surface area contributed by atoms with Crippen LogP contribution in [-0.2, 0) is 28.9 Å². The lowest BCUT2D eigenvalue weighted by Crippen LogP contribution is -2.45. The highest BCUT2D eigenvalue weighted by atomic mass is 19.1. The Morgan fingerprint density at radius 3 is 2.90 bits per heavy atom. The molecule has 1 saturated carbocycles. The van der Waals surface area contributed by atoms with Crippen molar-refractivity contribution in [3.8, 4) is 0 Å². The summed E-state index contributed by atoms with van der Waals surface area (Å²) >= 11 is 0. The van der Waals surface area contributed by atoms with Crippen LogP contribution in [0.3, 0.4) is 0 Å². The standard InChI is InChI=1S/C22H26FN5O3/c1-27(22(7-8-22)12-31-2)21(30)19-14-11-28(9-6-16(14)25-26-19)20(29)17-10-13-4-3-5-15(23)18(13)24-17/h3-5,17,24H,6-12H2,1-2H3,(H,25,26). The van der Waals surface area contributed by atoms with Gasteiger partial charge in [0.2, 0.25) is 5.91 Å². The monoisotopic (exact) mass is 427 g/mol. The highest BCUT2D eigenvalue weighted by molar-refractivity contribution is 5.95. The van der Waals surface area contributed by atoms with Crippen molar-refractivity contribution in [2.75, 3.05) is 32.6 Å². The summed E-state index contributed by atoms with van der Waals surface area (Å²) in [4.78, 5) is 29.9. The topological polar surface area (TPSA) is 90.6 Å². The Morgan fingerprint density at radius 1 is 1.39 bits per heavy atom. The van der Waals surface area contributed by atoms with Gasteiger partial charge < -0.3 is 19.9 Å². The number of nitrogens with zero attached hydrogens (tertiary/aromatic N) is 3. The molecule has 0 bridgehead atoms. The zero-order valence-corrected chi connectivity index (χ0v) is 17.7. The molecule has 2 N–H and O–H groups in total. The van der Waals surface area contributed by atoms with Gasteiger partial charge >= 0.3 is 0 Å². The third kappa shape index (κ3) is 3.27. The zero-order chi connectivity index (χ0) is 21.8. The van der Waals surface area contributed by atoms with E-state index in [1.54, 1.807) is 30.0 Å². The molecule has 1 fully saturated rings. The maximum atomic E-state index is 14.0. The number of likely N-dealkylation sites (N-methyl/N-ethyl adjacent to an activating group) is 1. The number of aromatic nitrogens is 2. The van der Waals surface area contributed by atoms with Crippen LogP contribution in [0.4, 0.5) is 10.1 Å². The Kier molecular flexibility index (Phi) is 4.73. The van der Waals surface area contributed by atoms with Crippen LogP contribution in [0.1, 0.15) is 40.2 Å². The number of ether oxygens (including phenoxy) is 1. The van der Waals surface area contributed by atoms with Crippen LogP contribution in [-0.4, -0.2) is 70.7 Å². The fourth-order valence-electron chi connectivity index (χ4n) is 4.74. The molecule has 31 heavy (non-hydrogen) atoms. The molecule has 164 valence electrons. The van der Waals surface area contributed by atoms with Gasteiger partial charge in [0.1, 0.15) is 17.6 Å². The molecule has 0 radical (unpaired) electrons. The first-order chi connectivity index (χ1) is 14.9. The summed E-state index contributed by atoms with van der Waals surface area (Å²) in [7, 11) is 3.43. The highest BCUT2D eigenvalue weighted by Crippen LogP contribution is 2.42. The minimum absolute atomic E-state index is 0.0905. The highest BCUT2D eigenvalue weighted by Gasteiger charge is 2.49. The van der Waals surface area contributed by atoms with Gasteiger partial charge in [-0.2, -0.15) is 5.10 Å². The molecular formula is C22H26FN5O3. The van der Waals surface area contributed by atoms with E-state index < -0.39 is 6.04 Å². The van der Waals surface area contributed by atoms with Gasteiger partial charge in [-0.05, 0) is 24.5 Å². The van der Waals surface area contributed by atoms with Crippen molar-refractivity contribution >= 4 is 17.5 Å². The first-order valence-electron chi connectivity index (χ1n) is 10.6. The van der Waals surface area contributed by atoms with E-state index in [1.807, 2.05) is 6.07 Å². The lowest BCUT2D eigenvalue weighted by Gasteiger charge is -2.31. The number of rotatable bonds is 5. The number of para-hydroxylation sites is 1. The quantitative estimate of drug-likeness (QED) is 0.758. The van der Waals surface area contributed by atoms with Crippen LogP contribution < -0.4 is 5.32 Å². The zero-order valence-electron chi connectivity index (χ0n) is 17.7. The van der Waals surface area contributed by atoms with Gasteiger partial charge in [-0.3, -0.25) is 14.7 Å². The number of carbonyl (C=O) groups excluding carboxylic acids is 2. The van der Waals surface area contributed by atoms with Gasteiger partial charge in [-0.1, -0.05) is 12.1 Å². The number of fused-ring (bicyclic) bond motifs is 2. The van der Waals surface area contributed by atoms with Gasteiger partial charge in [0, 0.05) is 45.7 Å².